The van der Waals surface area contributed by atoms with Gasteiger partial charge in [0.2, 0.25) is 0 Å². The van der Waals surface area contributed by atoms with Gasteiger partial charge in [-0.05, 0) is 35.2 Å². The molecule has 2 rings (SSSR count). The van der Waals surface area contributed by atoms with Crippen molar-refractivity contribution in [2.24, 2.45) is 5.16 Å². The summed E-state index contributed by atoms with van der Waals surface area (Å²) in [6.45, 7) is 3.08. The van der Waals surface area contributed by atoms with Gasteiger partial charge in [-0.3, -0.25) is 4.79 Å². The minimum Gasteiger partial charge on any atom is -0.434 e. The number of amides is 1. The Kier molecular flexibility index (Phi) is 6.87. The summed E-state index contributed by atoms with van der Waals surface area (Å²) in [5, 5.41) is 6.32. The van der Waals surface area contributed by atoms with Gasteiger partial charge >= 0.3 is 6.61 Å². The molecule has 0 fully saturated rings. The van der Waals surface area contributed by atoms with Crippen molar-refractivity contribution >= 4 is 17.8 Å². The van der Waals surface area contributed by atoms with E-state index in [1.807, 2.05) is 24.3 Å². The van der Waals surface area contributed by atoms with Gasteiger partial charge < -0.3 is 14.9 Å². The number of halogens is 2. The Labute approximate surface area is 157 Å². The summed E-state index contributed by atoms with van der Waals surface area (Å²) in [5.74, 6) is -0.406. The highest BCUT2D eigenvalue weighted by Gasteiger charge is 2.13. The Morgan fingerprint density at radius 2 is 1.81 bits per heavy atom. The molecule has 27 heavy (non-hydrogen) atoms. The van der Waals surface area contributed by atoms with Gasteiger partial charge in [0.1, 0.15) is 5.75 Å². The monoisotopic (exact) mass is 376 g/mol. The Hall–Kier alpha value is -2.96. The minimum absolute atomic E-state index is 0.0248. The maximum absolute atomic E-state index is 12.3. The van der Waals surface area contributed by atoms with Gasteiger partial charge in [-0.25, -0.2) is 0 Å². The third-order valence-corrected chi connectivity index (χ3v) is 3.63. The summed E-state index contributed by atoms with van der Waals surface area (Å²) < 4.78 is 29.1. The van der Waals surface area contributed by atoms with E-state index in [2.05, 4.69) is 36.0 Å². The van der Waals surface area contributed by atoms with Crippen LogP contribution in [0.15, 0.2) is 53.7 Å². The molecule has 0 aromatic heterocycles. The summed E-state index contributed by atoms with van der Waals surface area (Å²) in [4.78, 5) is 16.8. The zero-order chi connectivity index (χ0) is 19.9. The number of nitrogens with zero attached hydrogens (tertiary/aromatic N) is 1. The zero-order valence-corrected chi connectivity index (χ0v) is 15.4. The molecule has 0 radical (unpaired) electrons. The van der Waals surface area contributed by atoms with Crippen LogP contribution in [0.3, 0.4) is 0 Å². The zero-order valence-electron chi connectivity index (χ0n) is 15.4. The molecule has 0 bridgehead atoms. The van der Waals surface area contributed by atoms with E-state index in [1.54, 1.807) is 18.2 Å². The highest BCUT2D eigenvalue weighted by atomic mass is 19.3. The maximum Gasteiger partial charge on any atom is 0.387 e. The third-order valence-electron chi connectivity index (χ3n) is 3.63. The quantitative estimate of drug-likeness (QED) is 0.569. The molecule has 0 saturated carbocycles. The number of hydrogen-bond acceptors (Lipinski definition) is 4. The van der Waals surface area contributed by atoms with Crippen molar-refractivity contribution in [3.63, 3.8) is 0 Å². The third kappa shape index (κ3) is 6.69. The van der Waals surface area contributed by atoms with Crippen molar-refractivity contribution in [3.05, 3.63) is 59.7 Å². The van der Waals surface area contributed by atoms with Crippen molar-refractivity contribution in [2.45, 2.75) is 32.8 Å². The van der Waals surface area contributed by atoms with Crippen molar-refractivity contribution in [1.82, 2.24) is 0 Å². The fourth-order valence-corrected chi connectivity index (χ4v) is 2.23. The number of nitrogens with one attached hydrogen (secondary N) is 1. The Morgan fingerprint density at radius 3 is 2.44 bits per heavy atom. The predicted molar refractivity (Wildman–Crippen MR) is 100 cm³/mol. The molecule has 144 valence electrons. The van der Waals surface area contributed by atoms with Gasteiger partial charge in [-0.1, -0.05) is 50.2 Å². The molecule has 5 nitrogen and oxygen atoms in total. The number of alkyl halides is 2. The largest absolute Gasteiger partial charge is 0.434 e. The van der Waals surface area contributed by atoms with Gasteiger partial charge in [0.25, 0.3) is 5.91 Å². The van der Waals surface area contributed by atoms with Gasteiger partial charge in [-0.2, -0.15) is 8.78 Å². The lowest BCUT2D eigenvalue weighted by Gasteiger charge is -2.19. The highest BCUT2D eigenvalue weighted by Crippen LogP contribution is 2.23. The molecule has 0 unspecified atom stereocenters. The Bertz CT molecular complexity index is 785. The molecule has 0 aliphatic rings. The van der Waals surface area contributed by atoms with E-state index >= 15 is 0 Å². The van der Waals surface area contributed by atoms with Crippen molar-refractivity contribution < 1.29 is 23.1 Å². The van der Waals surface area contributed by atoms with E-state index < -0.39 is 6.61 Å². The molecule has 0 aliphatic carbocycles. The summed E-state index contributed by atoms with van der Waals surface area (Å²) in [5.41, 5.74) is 2.16. The second kappa shape index (κ2) is 9.12. The van der Waals surface area contributed by atoms with E-state index in [0.717, 1.165) is 5.56 Å². The predicted octanol–water partition coefficient (Wildman–Crippen LogP) is 4.57. The van der Waals surface area contributed by atoms with E-state index in [9.17, 15) is 13.6 Å². The molecule has 1 amide bonds. The summed E-state index contributed by atoms with van der Waals surface area (Å²) in [6.07, 6.45) is 1.21. The fraction of sp³-hybridized carbons (Fsp3) is 0.300. The van der Waals surface area contributed by atoms with Gasteiger partial charge in [0.05, 0.1) is 6.21 Å². The number of ether oxygens (including phenoxy) is 1. The van der Waals surface area contributed by atoms with Crippen molar-refractivity contribution in [3.8, 4) is 5.75 Å². The Morgan fingerprint density at radius 1 is 1.15 bits per heavy atom. The molecule has 0 spiro atoms. The molecule has 2 aromatic rings. The lowest BCUT2D eigenvalue weighted by Crippen LogP contribution is -2.17. The van der Waals surface area contributed by atoms with Crippen molar-refractivity contribution in [2.75, 3.05) is 11.9 Å². The van der Waals surface area contributed by atoms with E-state index in [1.165, 1.54) is 12.3 Å². The molecule has 1 N–H and O–H groups in total. The number of rotatable bonds is 7. The first-order valence-corrected chi connectivity index (χ1v) is 8.35. The van der Waals surface area contributed by atoms with Crippen LogP contribution in [0.2, 0.25) is 0 Å². The number of benzene rings is 2. The lowest BCUT2D eigenvalue weighted by molar-refractivity contribution is -0.120. The SMILES string of the molecule is CC(C)(C)c1ccc(NC(=O)CO/N=C\c2ccccc2OC(F)F)cc1. The molecule has 0 atom stereocenters. The van der Waals surface area contributed by atoms with E-state index in [0.29, 0.717) is 11.3 Å². The number of anilines is 1. The van der Waals surface area contributed by atoms with E-state index in [-0.39, 0.29) is 23.7 Å². The van der Waals surface area contributed by atoms with Crippen LogP contribution in [0, 0.1) is 0 Å². The summed E-state index contributed by atoms with van der Waals surface area (Å²) >= 11 is 0. The lowest BCUT2D eigenvalue weighted by atomic mass is 9.87. The van der Waals surface area contributed by atoms with Crippen LogP contribution in [0.25, 0.3) is 0 Å². The number of para-hydroxylation sites is 1. The van der Waals surface area contributed by atoms with Crippen LogP contribution < -0.4 is 10.1 Å². The highest BCUT2D eigenvalue weighted by molar-refractivity contribution is 5.91. The number of carbonyl (C=O) groups is 1. The molecule has 7 heteroatoms. The van der Waals surface area contributed by atoms with Gasteiger partial charge in [0, 0.05) is 11.3 Å². The van der Waals surface area contributed by atoms with Crippen LogP contribution in [-0.2, 0) is 15.0 Å². The van der Waals surface area contributed by atoms with Gasteiger partial charge in [0.15, 0.2) is 6.61 Å². The number of hydrogen-bond donors (Lipinski definition) is 1. The second-order valence-electron chi connectivity index (χ2n) is 6.80. The van der Waals surface area contributed by atoms with Crippen LogP contribution in [0.1, 0.15) is 31.9 Å². The Balaban J connectivity index is 1.85. The van der Waals surface area contributed by atoms with Gasteiger partial charge in [-0.15, -0.1) is 0 Å². The summed E-state index contributed by atoms with van der Waals surface area (Å²) in [7, 11) is 0. The number of carbonyl (C=O) groups excluding carboxylic acids is 1. The molecule has 0 saturated heterocycles. The first-order chi connectivity index (χ1) is 12.8. The van der Waals surface area contributed by atoms with Crippen LogP contribution >= 0.6 is 0 Å². The van der Waals surface area contributed by atoms with E-state index in [4.69, 9.17) is 4.84 Å². The average molecular weight is 376 g/mol. The standard InChI is InChI=1S/C20H22F2N2O3/c1-20(2,3)15-8-10-16(11-9-15)24-18(25)13-26-23-12-14-6-4-5-7-17(14)27-19(21)22/h4-12,19H,13H2,1-3H3,(H,24,25)/b23-12-. The molecular formula is C20H22F2N2O3. The summed E-state index contributed by atoms with van der Waals surface area (Å²) in [6, 6.07) is 13.7. The molecule has 0 aliphatic heterocycles. The second-order valence-corrected chi connectivity index (χ2v) is 6.80. The number of oxime groups is 1. The maximum atomic E-state index is 12.3. The molecule has 0 heterocycles. The smallest absolute Gasteiger partial charge is 0.387 e. The topological polar surface area (TPSA) is 59.9 Å². The van der Waals surface area contributed by atoms with Crippen LogP contribution in [0.5, 0.6) is 5.75 Å². The first kappa shape index (κ1) is 20.4. The normalized spacial score (nSPS) is 11.6. The minimum atomic E-state index is -2.93. The average Bonchev–Trinajstić information content (AvgIpc) is 2.59. The molecular weight excluding hydrogens is 354 g/mol. The first-order valence-electron chi connectivity index (χ1n) is 8.35. The van der Waals surface area contributed by atoms with Crippen molar-refractivity contribution in [1.29, 1.82) is 0 Å². The fourth-order valence-electron chi connectivity index (χ4n) is 2.23. The van der Waals surface area contributed by atoms with Crippen LogP contribution in [-0.4, -0.2) is 25.3 Å². The molecule has 2 aromatic carbocycles. The van der Waals surface area contributed by atoms with Crippen LogP contribution in [0.4, 0.5) is 14.5 Å².